The van der Waals surface area contributed by atoms with E-state index in [1.165, 1.54) is 7.11 Å². The maximum absolute atomic E-state index is 13.8. The minimum atomic E-state index is -0.755. The molecule has 1 aromatic rings. The van der Waals surface area contributed by atoms with Crippen molar-refractivity contribution in [3.8, 4) is 11.6 Å². The van der Waals surface area contributed by atoms with Crippen LogP contribution in [0.4, 0.5) is 9.18 Å². The summed E-state index contributed by atoms with van der Waals surface area (Å²) in [7, 11) is 1.28. The summed E-state index contributed by atoms with van der Waals surface area (Å²) in [4.78, 5) is 15.8. The van der Waals surface area contributed by atoms with Crippen molar-refractivity contribution in [2.75, 3.05) is 13.7 Å². The first-order valence-corrected chi connectivity index (χ1v) is 6.74. The average Bonchev–Trinajstić information content (AvgIpc) is 2.36. The molecular weight excluding hydrogens is 291 g/mol. The summed E-state index contributed by atoms with van der Waals surface area (Å²) < 4.78 is 29.0. The predicted molar refractivity (Wildman–Crippen MR) is 80.3 cm³/mol. The molecular formula is C15H21FN2O4. The van der Waals surface area contributed by atoms with E-state index in [1.54, 1.807) is 27.7 Å². The van der Waals surface area contributed by atoms with Crippen LogP contribution in [0.2, 0.25) is 0 Å². The van der Waals surface area contributed by atoms with Crippen molar-refractivity contribution in [1.82, 2.24) is 10.3 Å². The van der Waals surface area contributed by atoms with Crippen LogP contribution in [0.3, 0.4) is 0 Å². The fourth-order valence-corrected chi connectivity index (χ4v) is 1.55. The van der Waals surface area contributed by atoms with E-state index in [0.717, 1.165) is 6.07 Å². The summed E-state index contributed by atoms with van der Waals surface area (Å²) in [5, 5.41) is 2.60. The molecule has 0 aliphatic heterocycles. The lowest BCUT2D eigenvalue weighted by Crippen LogP contribution is -2.42. The van der Waals surface area contributed by atoms with Crippen LogP contribution in [-0.4, -0.2) is 30.3 Å². The van der Waals surface area contributed by atoms with Gasteiger partial charge in [-0.3, -0.25) is 0 Å². The van der Waals surface area contributed by atoms with Gasteiger partial charge in [0.2, 0.25) is 0 Å². The molecule has 0 saturated heterocycles. The van der Waals surface area contributed by atoms with Crippen LogP contribution in [0.5, 0.6) is 11.6 Å². The van der Waals surface area contributed by atoms with Crippen LogP contribution >= 0.6 is 0 Å². The van der Waals surface area contributed by atoms with Crippen LogP contribution in [0.15, 0.2) is 12.6 Å². The Balaban J connectivity index is 3.13. The third-order valence-corrected chi connectivity index (χ3v) is 2.36. The Labute approximate surface area is 129 Å². The van der Waals surface area contributed by atoms with Crippen molar-refractivity contribution in [2.45, 2.75) is 33.2 Å². The molecule has 0 atom stereocenters. The minimum Gasteiger partial charge on any atom is -0.492 e. The average molecular weight is 312 g/mol. The molecule has 1 rings (SSSR count). The Bertz CT molecular complexity index is 567. The molecule has 1 aromatic heterocycles. The van der Waals surface area contributed by atoms with Gasteiger partial charge in [0, 0.05) is 11.6 Å². The van der Waals surface area contributed by atoms with Crippen molar-refractivity contribution in [2.24, 2.45) is 0 Å². The fraction of sp³-hybridized carbons (Fsp3) is 0.467. The number of pyridine rings is 1. The summed E-state index contributed by atoms with van der Waals surface area (Å²) >= 11 is 0. The van der Waals surface area contributed by atoms with Crippen LogP contribution in [0, 0.1) is 5.82 Å². The lowest BCUT2D eigenvalue weighted by Gasteiger charge is -2.20. The molecule has 22 heavy (non-hydrogen) atoms. The highest BCUT2D eigenvalue weighted by Crippen LogP contribution is 2.29. The van der Waals surface area contributed by atoms with Crippen LogP contribution in [0.25, 0.3) is 5.76 Å². The molecule has 6 nitrogen and oxygen atoms in total. The zero-order valence-electron chi connectivity index (χ0n) is 13.4. The number of rotatable bonds is 5. The van der Waals surface area contributed by atoms with Gasteiger partial charge in [0.05, 0.1) is 13.7 Å². The van der Waals surface area contributed by atoms with Gasteiger partial charge in [0.25, 0.3) is 5.88 Å². The van der Waals surface area contributed by atoms with Crippen molar-refractivity contribution in [1.29, 1.82) is 0 Å². The molecule has 0 saturated carbocycles. The van der Waals surface area contributed by atoms with Gasteiger partial charge in [0.15, 0.2) is 17.3 Å². The molecule has 7 heteroatoms. The minimum absolute atomic E-state index is 0.0986. The number of carbonyl (C=O) groups is 1. The fourth-order valence-electron chi connectivity index (χ4n) is 1.55. The topological polar surface area (TPSA) is 69.7 Å². The van der Waals surface area contributed by atoms with E-state index in [2.05, 4.69) is 16.9 Å². The monoisotopic (exact) mass is 312 g/mol. The SMILES string of the molecule is C=C(OCC)c1nc(OC)c(F)cc1OC(=O)NC(C)(C)C. The lowest BCUT2D eigenvalue weighted by atomic mass is 10.1. The number of amides is 1. The third-order valence-electron chi connectivity index (χ3n) is 2.36. The van der Waals surface area contributed by atoms with Gasteiger partial charge in [-0.05, 0) is 27.7 Å². The van der Waals surface area contributed by atoms with Crippen molar-refractivity contribution in [3.05, 3.63) is 24.2 Å². The van der Waals surface area contributed by atoms with Crippen molar-refractivity contribution in [3.63, 3.8) is 0 Å². The molecule has 0 fully saturated rings. The van der Waals surface area contributed by atoms with Gasteiger partial charge in [0.1, 0.15) is 5.76 Å². The predicted octanol–water partition coefficient (Wildman–Crippen LogP) is 3.12. The van der Waals surface area contributed by atoms with Crippen LogP contribution in [0.1, 0.15) is 33.4 Å². The second kappa shape index (κ2) is 7.11. The number of halogens is 1. The first-order valence-electron chi connectivity index (χ1n) is 6.74. The molecule has 0 bridgehead atoms. The largest absolute Gasteiger partial charge is 0.492 e. The molecule has 0 aromatic carbocycles. The maximum Gasteiger partial charge on any atom is 0.413 e. The normalized spacial score (nSPS) is 10.8. The Morgan fingerprint density at radius 3 is 2.59 bits per heavy atom. The van der Waals surface area contributed by atoms with Gasteiger partial charge in [-0.2, -0.15) is 0 Å². The van der Waals surface area contributed by atoms with Gasteiger partial charge >= 0.3 is 6.09 Å². The van der Waals surface area contributed by atoms with Gasteiger partial charge < -0.3 is 19.5 Å². The third kappa shape index (κ3) is 4.91. The number of nitrogens with zero attached hydrogens (tertiary/aromatic N) is 1. The number of nitrogens with one attached hydrogen (secondary N) is 1. The van der Waals surface area contributed by atoms with E-state index in [1.807, 2.05) is 0 Å². The number of carbonyl (C=O) groups excluding carboxylic acids is 1. The quantitative estimate of drug-likeness (QED) is 0.846. The number of hydrogen-bond acceptors (Lipinski definition) is 5. The van der Waals surface area contributed by atoms with E-state index in [4.69, 9.17) is 14.2 Å². The number of ether oxygens (including phenoxy) is 3. The Morgan fingerprint density at radius 2 is 2.09 bits per heavy atom. The molecule has 0 aliphatic carbocycles. The summed E-state index contributed by atoms with van der Waals surface area (Å²) in [6, 6.07) is 1.01. The van der Waals surface area contributed by atoms with Crippen LogP contribution < -0.4 is 14.8 Å². The van der Waals surface area contributed by atoms with Crippen molar-refractivity contribution >= 4 is 11.9 Å². The van der Waals surface area contributed by atoms with Gasteiger partial charge in [-0.1, -0.05) is 6.58 Å². The Kier molecular flexibility index (Phi) is 5.73. The number of methoxy groups -OCH3 is 1. The zero-order chi connectivity index (χ0) is 16.9. The van der Waals surface area contributed by atoms with Crippen molar-refractivity contribution < 1.29 is 23.4 Å². The zero-order valence-corrected chi connectivity index (χ0v) is 13.4. The Morgan fingerprint density at radius 1 is 1.45 bits per heavy atom. The molecule has 0 spiro atoms. The number of hydrogen-bond donors (Lipinski definition) is 1. The summed E-state index contributed by atoms with van der Waals surface area (Å²) in [5.74, 6) is -0.939. The summed E-state index contributed by atoms with van der Waals surface area (Å²) in [6.45, 7) is 11.2. The summed E-state index contributed by atoms with van der Waals surface area (Å²) in [5.41, 5.74) is -0.392. The van der Waals surface area contributed by atoms with Gasteiger partial charge in [-0.25, -0.2) is 14.2 Å². The molecule has 1 heterocycles. The highest BCUT2D eigenvalue weighted by molar-refractivity contribution is 5.73. The maximum atomic E-state index is 13.8. The van der Waals surface area contributed by atoms with E-state index in [9.17, 15) is 9.18 Å². The lowest BCUT2D eigenvalue weighted by molar-refractivity contribution is 0.189. The van der Waals surface area contributed by atoms with E-state index >= 15 is 0 Å². The second-order valence-corrected chi connectivity index (χ2v) is 5.45. The standard InChI is InChI=1S/C15H21FN2O4/c1-7-21-9(2)12-11(8-10(16)13(17-12)20-6)22-14(19)18-15(3,4)5/h8H,2,7H2,1,3-6H3,(H,18,19). The number of aromatic nitrogens is 1. The summed E-state index contributed by atoms with van der Waals surface area (Å²) in [6.07, 6.45) is -0.732. The second-order valence-electron chi connectivity index (χ2n) is 5.45. The first-order chi connectivity index (χ1) is 10.2. The molecule has 1 N–H and O–H groups in total. The van der Waals surface area contributed by atoms with E-state index < -0.39 is 17.4 Å². The van der Waals surface area contributed by atoms with E-state index in [0.29, 0.717) is 6.61 Å². The molecule has 0 unspecified atom stereocenters. The Hall–Kier alpha value is -2.31. The highest BCUT2D eigenvalue weighted by Gasteiger charge is 2.21. The van der Waals surface area contributed by atoms with Gasteiger partial charge in [-0.15, -0.1) is 0 Å². The first kappa shape index (κ1) is 17.7. The van der Waals surface area contributed by atoms with E-state index in [-0.39, 0.29) is 23.1 Å². The molecule has 1 amide bonds. The molecule has 0 radical (unpaired) electrons. The molecule has 122 valence electrons. The highest BCUT2D eigenvalue weighted by atomic mass is 19.1. The molecule has 0 aliphatic rings. The van der Waals surface area contributed by atoms with Crippen LogP contribution in [-0.2, 0) is 4.74 Å². The smallest absolute Gasteiger partial charge is 0.413 e.